The fourth-order valence-corrected chi connectivity index (χ4v) is 3.78. The zero-order valence-electron chi connectivity index (χ0n) is 15.8. The van der Waals surface area contributed by atoms with Crippen LogP contribution in [0.15, 0.2) is 52.1 Å². The van der Waals surface area contributed by atoms with Crippen molar-refractivity contribution < 1.29 is 4.42 Å². The molecule has 4 heterocycles. The summed E-state index contributed by atoms with van der Waals surface area (Å²) in [4.78, 5) is 23.8. The maximum Gasteiger partial charge on any atom is 0.344 e. The summed E-state index contributed by atoms with van der Waals surface area (Å²) in [6.45, 7) is 6.87. The zero-order chi connectivity index (χ0) is 19.3. The van der Waals surface area contributed by atoms with E-state index in [-0.39, 0.29) is 5.63 Å². The van der Waals surface area contributed by atoms with Crippen molar-refractivity contribution >= 4 is 22.1 Å². The van der Waals surface area contributed by atoms with Crippen LogP contribution in [0, 0.1) is 6.92 Å². The van der Waals surface area contributed by atoms with Gasteiger partial charge in [-0.15, -0.1) is 0 Å². The molecule has 1 atom stereocenters. The van der Waals surface area contributed by atoms with Gasteiger partial charge in [0.1, 0.15) is 5.69 Å². The number of rotatable bonds is 2. The molecule has 7 heteroatoms. The third-order valence-electron chi connectivity index (χ3n) is 5.20. The number of anilines is 1. The van der Waals surface area contributed by atoms with Gasteiger partial charge >= 0.3 is 5.63 Å². The first-order chi connectivity index (χ1) is 13.6. The highest BCUT2D eigenvalue weighted by atomic mass is 16.4. The number of hydrogen-bond acceptors (Lipinski definition) is 6. The highest BCUT2D eigenvalue weighted by Crippen LogP contribution is 2.25. The number of hydrogen-bond donors (Lipinski definition) is 1. The van der Waals surface area contributed by atoms with Gasteiger partial charge in [-0.05, 0) is 37.4 Å². The molecule has 0 unspecified atom stereocenters. The van der Waals surface area contributed by atoms with Crippen molar-refractivity contribution in [1.82, 2.24) is 19.7 Å². The first-order valence-corrected chi connectivity index (χ1v) is 9.45. The third kappa shape index (κ3) is 2.93. The Hall–Kier alpha value is -3.19. The van der Waals surface area contributed by atoms with Gasteiger partial charge in [0, 0.05) is 43.8 Å². The molecule has 1 aromatic carbocycles. The second-order valence-electron chi connectivity index (χ2n) is 7.39. The lowest BCUT2D eigenvalue weighted by Gasteiger charge is -2.33. The first-order valence-electron chi connectivity index (χ1n) is 9.45. The van der Waals surface area contributed by atoms with Crippen LogP contribution in [0.3, 0.4) is 0 Å². The summed E-state index contributed by atoms with van der Waals surface area (Å²) in [5, 5.41) is 4.88. The normalized spacial score (nSPS) is 17.5. The topological polar surface area (TPSA) is 75.7 Å². The lowest BCUT2D eigenvalue weighted by Crippen LogP contribution is -2.49. The molecule has 0 saturated carbocycles. The van der Waals surface area contributed by atoms with E-state index in [1.807, 2.05) is 41.9 Å². The molecule has 0 radical (unpaired) electrons. The van der Waals surface area contributed by atoms with Crippen molar-refractivity contribution in [2.24, 2.45) is 0 Å². The van der Waals surface area contributed by atoms with Crippen molar-refractivity contribution in [2.75, 3.05) is 24.5 Å². The Morgan fingerprint density at radius 3 is 3.00 bits per heavy atom. The summed E-state index contributed by atoms with van der Waals surface area (Å²) in [6, 6.07) is 8.29. The molecule has 0 aliphatic carbocycles. The number of nitrogens with one attached hydrogen (secondary N) is 1. The highest BCUT2D eigenvalue weighted by molar-refractivity contribution is 5.87. The van der Waals surface area contributed by atoms with E-state index in [0.29, 0.717) is 28.5 Å². The molecule has 1 aliphatic rings. The summed E-state index contributed by atoms with van der Waals surface area (Å²) in [7, 11) is 0. The number of aryl methyl sites for hydroxylation is 1. The van der Waals surface area contributed by atoms with Crippen LogP contribution in [-0.2, 0) is 0 Å². The lowest BCUT2D eigenvalue weighted by molar-refractivity contribution is 0.485. The Labute approximate surface area is 161 Å². The van der Waals surface area contributed by atoms with Crippen LogP contribution in [0.5, 0.6) is 0 Å². The van der Waals surface area contributed by atoms with Gasteiger partial charge in [0.05, 0.1) is 17.3 Å². The monoisotopic (exact) mass is 375 g/mol. The van der Waals surface area contributed by atoms with E-state index in [9.17, 15) is 4.79 Å². The SMILES string of the molecule is Cc1cn2cc(-c3cc4ccc(N5CCN[C@H](C)C5)cc4c(=O)o3)nc2cn1. The summed E-state index contributed by atoms with van der Waals surface area (Å²) in [5.41, 5.74) is 2.93. The third-order valence-corrected chi connectivity index (χ3v) is 5.20. The van der Waals surface area contributed by atoms with Crippen molar-refractivity contribution in [2.45, 2.75) is 19.9 Å². The molecule has 5 rings (SSSR count). The molecular weight excluding hydrogens is 354 g/mol. The zero-order valence-corrected chi connectivity index (χ0v) is 15.8. The molecule has 3 aromatic heterocycles. The predicted molar refractivity (Wildman–Crippen MR) is 109 cm³/mol. The molecule has 0 bridgehead atoms. The van der Waals surface area contributed by atoms with Crippen LogP contribution >= 0.6 is 0 Å². The molecule has 1 fully saturated rings. The van der Waals surface area contributed by atoms with Gasteiger partial charge in [-0.1, -0.05) is 6.07 Å². The average molecular weight is 375 g/mol. The standard InChI is InChI=1S/C21H21N5O2/c1-13-10-25(6-5-22-13)16-4-3-15-7-19(28-21(27)17(15)8-16)18-12-26-11-14(2)23-9-20(26)24-18/h3-4,7-9,11-13,22H,5-6,10H2,1-2H3/t13-/m1/s1. The summed E-state index contributed by atoms with van der Waals surface area (Å²) in [6.07, 6.45) is 5.45. The van der Waals surface area contributed by atoms with E-state index in [0.717, 1.165) is 36.4 Å². The van der Waals surface area contributed by atoms with Crippen molar-refractivity contribution in [1.29, 1.82) is 0 Å². The molecule has 1 saturated heterocycles. The number of imidazole rings is 1. The highest BCUT2D eigenvalue weighted by Gasteiger charge is 2.17. The Morgan fingerprint density at radius 2 is 2.14 bits per heavy atom. The van der Waals surface area contributed by atoms with Gasteiger partial charge in [0.15, 0.2) is 11.4 Å². The number of fused-ring (bicyclic) bond motifs is 2. The van der Waals surface area contributed by atoms with E-state index in [2.05, 4.69) is 33.2 Å². The second-order valence-corrected chi connectivity index (χ2v) is 7.39. The van der Waals surface area contributed by atoms with E-state index in [1.54, 1.807) is 6.20 Å². The molecule has 142 valence electrons. The molecule has 28 heavy (non-hydrogen) atoms. The maximum atomic E-state index is 12.7. The van der Waals surface area contributed by atoms with Crippen molar-refractivity contribution in [3.63, 3.8) is 0 Å². The molecule has 1 N–H and O–H groups in total. The van der Waals surface area contributed by atoms with Gasteiger partial charge in [0.25, 0.3) is 0 Å². The van der Waals surface area contributed by atoms with E-state index >= 15 is 0 Å². The van der Waals surface area contributed by atoms with Crippen LogP contribution in [0.4, 0.5) is 5.69 Å². The number of nitrogens with zero attached hydrogens (tertiary/aromatic N) is 4. The fraction of sp³-hybridized carbons (Fsp3) is 0.286. The van der Waals surface area contributed by atoms with Crippen LogP contribution < -0.4 is 15.8 Å². The summed E-state index contributed by atoms with van der Waals surface area (Å²) in [5.74, 6) is 0.461. The number of benzene rings is 1. The van der Waals surface area contributed by atoms with Crippen LogP contribution in [0.2, 0.25) is 0 Å². The van der Waals surface area contributed by atoms with Crippen LogP contribution in [0.1, 0.15) is 12.6 Å². The molecule has 0 spiro atoms. The fourth-order valence-electron chi connectivity index (χ4n) is 3.78. The molecule has 7 nitrogen and oxygen atoms in total. The minimum atomic E-state index is -0.344. The van der Waals surface area contributed by atoms with Gasteiger partial charge in [0.2, 0.25) is 0 Å². The Balaban J connectivity index is 1.56. The van der Waals surface area contributed by atoms with E-state index in [4.69, 9.17) is 4.42 Å². The van der Waals surface area contributed by atoms with Gasteiger partial charge in [-0.3, -0.25) is 4.98 Å². The first kappa shape index (κ1) is 16.9. The van der Waals surface area contributed by atoms with Crippen molar-refractivity contribution in [3.8, 4) is 11.5 Å². The summed E-state index contributed by atoms with van der Waals surface area (Å²) < 4.78 is 7.50. The minimum Gasteiger partial charge on any atom is -0.421 e. The molecule has 1 aliphatic heterocycles. The van der Waals surface area contributed by atoms with Crippen molar-refractivity contribution in [3.05, 3.63) is 59.0 Å². The lowest BCUT2D eigenvalue weighted by atomic mass is 10.1. The second kappa shape index (κ2) is 6.45. The Morgan fingerprint density at radius 1 is 1.25 bits per heavy atom. The number of piperazine rings is 1. The van der Waals surface area contributed by atoms with Crippen LogP contribution in [0.25, 0.3) is 27.9 Å². The quantitative estimate of drug-likeness (QED) is 0.580. The minimum absolute atomic E-state index is 0.344. The Kier molecular flexibility index (Phi) is 3.91. The van der Waals surface area contributed by atoms with Crippen LogP contribution in [-0.4, -0.2) is 40.0 Å². The molecular formula is C21H21N5O2. The summed E-state index contributed by atoms with van der Waals surface area (Å²) >= 11 is 0. The smallest absolute Gasteiger partial charge is 0.344 e. The van der Waals surface area contributed by atoms with Gasteiger partial charge < -0.3 is 19.0 Å². The van der Waals surface area contributed by atoms with E-state index in [1.165, 1.54) is 0 Å². The predicted octanol–water partition coefficient (Wildman–Crippen LogP) is 2.61. The molecule has 0 amide bonds. The van der Waals surface area contributed by atoms with Gasteiger partial charge in [-0.2, -0.15) is 0 Å². The van der Waals surface area contributed by atoms with E-state index < -0.39 is 0 Å². The largest absolute Gasteiger partial charge is 0.421 e. The Bertz CT molecular complexity index is 1240. The molecule has 4 aromatic rings. The van der Waals surface area contributed by atoms with Gasteiger partial charge in [-0.25, -0.2) is 9.78 Å². The maximum absolute atomic E-state index is 12.7. The number of aromatic nitrogens is 3. The average Bonchev–Trinajstić information content (AvgIpc) is 3.11.